The fourth-order valence-corrected chi connectivity index (χ4v) is 3.05. The maximum atomic E-state index is 5.40. The van der Waals surface area contributed by atoms with Crippen LogP contribution < -0.4 is 14.8 Å². The maximum Gasteiger partial charge on any atom is 0.227 e. The molecule has 3 rings (SSSR count). The fourth-order valence-electron chi connectivity index (χ4n) is 3.05. The number of nitrogens with one attached hydrogen (secondary N) is 1. The molecule has 21 heavy (non-hydrogen) atoms. The van der Waals surface area contributed by atoms with E-state index in [1.807, 2.05) is 19.2 Å². The van der Waals surface area contributed by atoms with Crippen molar-refractivity contribution in [2.24, 2.45) is 0 Å². The molecule has 5 nitrogen and oxygen atoms in total. The molecule has 0 saturated heterocycles. The van der Waals surface area contributed by atoms with Crippen LogP contribution in [0.25, 0.3) is 0 Å². The zero-order chi connectivity index (χ0) is 14.8. The van der Waals surface area contributed by atoms with Crippen molar-refractivity contribution < 1.29 is 14.0 Å². The minimum atomic E-state index is 0.249. The summed E-state index contributed by atoms with van der Waals surface area (Å²) in [5.74, 6) is 2.53. The Morgan fingerprint density at radius 2 is 2.05 bits per heavy atom. The Kier molecular flexibility index (Phi) is 3.73. The largest absolute Gasteiger partial charge is 0.493 e. The van der Waals surface area contributed by atoms with E-state index in [1.54, 1.807) is 14.2 Å². The highest BCUT2D eigenvalue weighted by Gasteiger charge is 2.29. The summed E-state index contributed by atoms with van der Waals surface area (Å²) in [4.78, 5) is 0. The Balaban J connectivity index is 2.00. The van der Waals surface area contributed by atoms with Crippen molar-refractivity contribution in [3.8, 4) is 11.5 Å². The van der Waals surface area contributed by atoms with Gasteiger partial charge in [0, 0.05) is 18.5 Å². The molecular formula is C16H20N2O3. The zero-order valence-corrected chi connectivity index (χ0v) is 12.6. The molecule has 0 bridgehead atoms. The molecule has 1 N–H and O–H groups in total. The lowest BCUT2D eigenvalue weighted by Gasteiger charge is -2.22. The first-order chi connectivity index (χ1) is 10.3. The topological polar surface area (TPSA) is 56.5 Å². The monoisotopic (exact) mass is 288 g/mol. The third kappa shape index (κ3) is 2.33. The third-order valence-corrected chi connectivity index (χ3v) is 4.11. The van der Waals surface area contributed by atoms with E-state index in [-0.39, 0.29) is 5.92 Å². The van der Waals surface area contributed by atoms with Gasteiger partial charge in [-0.1, -0.05) is 11.2 Å². The van der Waals surface area contributed by atoms with E-state index in [9.17, 15) is 0 Å². The average molecular weight is 288 g/mol. The molecule has 0 aliphatic heterocycles. The van der Waals surface area contributed by atoms with Crippen molar-refractivity contribution in [1.82, 2.24) is 5.16 Å². The van der Waals surface area contributed by atoms with Gasteiger partial charge in [-0.2, -0.15) is 0 Å². The van der Waals surface area contributed by atoms with Crippen LogP contribution in [0.2, 0.25) is 0 Å². The highest BCUT2D eigenvalue weighted by Crippen LogP contribution is 2.41. The lowest BCUT2D eigenvalue weighted by Crippen LogP contribution is -2.11. The molecule has 1 unspecified atom stereocenters. The molecule has 0 fully saturated rings. The van der Waals surface area contributed by atoms with E-state index >= 15 is 0 Å². The number of anilines is 1. The zero-order valence-electron chi connectivity index (χ0n) is 12.6. The Hall–Kier alpha value is -2.17. The second-order valence-corrected chi connectivity index (χ2v) is 5.18. The number of fused-ring (bicyclic) bond motifs is 1. The number of rotatable bonds is 4. The molecule has 2 aromatic rings. The van der Waals surface area contributed by atoms with Gasteiger partial charge in [-0.15, -0.1) is 0 Å². The summed E-state index contributed by atoms with van der Waals surface area (Å²) in [6, 6.07) is 6.06. The molecule has 112 valence electrons. The molecule has 1 aliphatic carbocycles. The number of benzene rings is 1. The van der Waals surface area contributed by atoms with Gasteiger partial charge in [0.15, 0.2) is 11.5 Å². The summed E-state index contributed by atoms with van der Waals surface area (Å²) in [6.07, 6.45) is 3.21. The maximum absolute atomic E-state index is 5.40. The Bertz CT molecular complexity index is 636. The predicted octanol–water partition coefficient (Wildman–Crippen LogP) is 3.20. The van der Waals surface area contributed by atoms with Crippen molar-refractivity contribution >= 4 is 5.88 Å². The molecule has 1 atom stereocenters. The van der Waals surface area contributed by atoms with Crippen LogP contribution in [0, 0.1) is 0 Å². The lowest BCUT2D eigenvalue weighted by atomic mass is 9.83. The quantitative estimate of drug-likeness (QED) is 0.936. The summed E-state index contributed by atoms with van der Waals surface area (Å²) in [6.45, 7) is 0. The Morgan fingerprint density at radius 1 is 1.24 bits per heavy atom. The van der Waals surface area contributed by atoms with Crippen LogP contribution >= 0.6 is 0 Å². The first-order valence-electron chi connectivity index (χ1n) is 7.16. The molecule has 0 saturated carbocycles. The van der Waals surface area contributed by atoms with E-state index in [0.717, 1.165) is 42.3 Å². The predicted molar refractivity (Wildman–Crippen MR) is 80.4 cm³/mol. The first kappa shape index (κ1) is 13.8. The standard InChI is InChI=1S/C16H20N2O3/c1-17-16-12-6-4-5-11(15(12)18-21-16)10-7-8-13(19-2)14(9-10)20-3/h7-9,11,17H,4-6H2,1-3H3. The number of hydrogen-bond donors (Lipinski definition) is 1. The smallest absolute Gasteiger partial charge is 0.227 e. The van der Waals surface area contributed by atoms with Gasteiger partial charge in [-0.25, -0.2) is 0 Å². The molecule has 0 radical (unpaired) electrons. The van der Waals surface area contributed by atoms with Crippen LogP contribution in [0.15, 0.2) is 22.7 Å². The van der Waals surface area contributed by atoms with Crippen LogP contribution in [0.3, 0.4) is 0 Å². The van der Waals surface area contributed by atoms with E-state index in [1.165, 1.54) is 11.1 Å². The second kappa shape index (κ2) is 5.68. The highest BCUT2D eigenvalue weighted by atomic mass is 16.5. The summed E-state index contributed by atoms with van der Waals surface area (Å²) < 4.78 is 16.1. The van der Waals surface area contributed by atoms with Crippen LogP contribution in [0.4, 0.5) is 5.88 Å². The number of nitrogens with zero attached hydrogens (tertiary/aromatic N) is 1. The Labute approximate surface area is 124 Å². The van der Waals surface area contributed by atoms with Crippen molar-refractivity contribution in [2.75, 3.05) is 26.6 Å². The Morgan fingerprint density at radius 3 is 2.76 bits per heavy atom. The van der Waals surface area contributed by atoms with Gasteiger partial charge in [-0.3, -0.25) is 0 Å². The number of aromatic nitrogens is 1. The van der Waals surface area contributed by atoms with Crippen molar-refractivity contribution in [2.45, 2.75) is 25.2 Å². The lowest BCUT2D eigenvalue weighted by molar-refractivity contribution is 0.354. The molecule has 1 aromatic heterocycles. The van der Waals surface area contributed by atoms with Gasteiger partial charge in [0.25, 0.3) is 0 Å². The highest BCUT2D eigenvalue weighted by molar-refractivity contribution is 5.50. The summed E-state index contributed by atoms with van der Waals surface area (Å²) in [7, 11) is 5.16. The van der Waals surface area contributed by atoms with Gasteiger partial charge in [0.2, 0.25) is 5.88 Å². The second-order valence-electron chi connectivity index (χ2n) is 5.18. The van der Waals surface area contributed by atoms with E-state index < -0.39 is 0 Å². The first-order valence-corrected chi connectivity index (χ1v) is 7.16. The summed E-state index contributed by atoms with van der Waals surface area (Å²) in [5, 5.41) is 7.35. The van der Waals surface area contributed by atoms with Gasteiger partial charge in [0.1, 0.15) is 0 Å². The van der Waals surface area contributed by atoms with E-state index in [0.29, 0.717) is 0 Å². The third-order valence-electron chi connectivity index (χ3n) is 4.11. The fraction of sp³-hybridized carbons (Fsp3) is 0.438. The molecule has 5 heteroatoms. The summed E-state index contributed by atoms with van der Waals surface area (Å²) in [5.41, 5.74) is 3.42. The van der Waals surface area contributed by atoms with Crippen LogP contribution in [-0.4, -0.2) is 26.4 Å². The van der Waals surface area contributed by atoms with Crippen molar-refractivity contribution in [3.05, 3.63) is 35.0 Å². The molecule has 0 spiro atoms. The molecule has 1 aromatic carbocycles. The molecule has 0 amide bonds. The number of ether oxygens (including phenoxy) is 2. The van der Waals surface area contributed by atoms with Crippen LogP contribution in [0.1, 0.15) is 35.6 Å². The minimum absolute atomic E-state index is 0.249. The average Bonchev–Trinajstić information content (AvgIpc) is 2.97. The van der Waals surface area contributed by atoms with Gasteiger partial charge in [-0.05, 0) is 37.0 Å². The number of methoxy groups -OCH3 is 2. The van der Waals surface area contributed by atoms with Crippen LogP contribution in [0.5, 0.6) is 11.5 Å². The summed E-state index contributed by atoms with van der Waals surface area (Å²) >= 11 is 0. The van der Waals surface area contributed by atoms with Crippen molar-refractivity contribution in [1.29, 1.82) is 0 Å². The van der Waals surface area contributed by atoms with Gasteiger partial charge < -0.3 is 19.3 Å². The molecule has 1 aliphatic rings. The molecular weight excluding hydrogens is 268 g/mol. The number of hydrogen-bond acceptors (Lipinski definition) is 5. The van der Waals surface area contributed by atoms with E-state index in [2.05, 4.69) is 16.5 Å². The van der Waals surface area contributed by atoms with Crippen molar-refractivity contribution in [3.63, 3.8) is 0 Å². The minimum Gasteiger partial charge on any atom is -0.493 e. The van der Waals surface area contributed by atoms with Gasteiger partial charge >= 0.3 is 0 Å². The normalized spacial score (nSPS) is 17.2. The van der Waals surface area contributed by atoms with Gasteiger partial charge in [0.05, 0.1) is 19.9 Å². The SMILES string of the molecule is CNc1onc2c1CCCC2c1ccc(OC)c(OC)c1. The van der Waals surface area contributed by atoms with Crippen LogP contribution in [-0.2, 0) is 6.42 Å². The molecule has 1 heterocycles. The van der Waals surface area contributed by atoms with E-state index in [4.69, 9.17) is 14.0 Å².